The number of nitrogens with zero attached hydrogens (tertiary/aromatic N) is 1. The highest BCUT2D eigenvalue weighted by molar-refractivity contribution is 5.75. The Morgan fingerprint density at radius 3 is 2.48 bits per heavy atom. The second-order valence-electron chi connectivity index (χ2n) is 5.86. The molecule has 23 heavy (non-hydrogen) atoms. The molecule has 0 heterocycles. The lowest BCUT2D eigenvalue weighted by molar-refractivity contribution is -0.138. The molecule has 3 N–H and O–H groups in total. The summed E-state index contributed by atoms with van der Waals surface area (Å²) >= 11 is 0. The van der Waals surface area contributed by atoms with Gasteiger partial charge in [0.1, 0.15) is 0 Å². The maximum Gasteiger partial charge on any atom is 0.416 e. The van der Waals surface area contributed by atoms with Gasteiger partial charge in [0.25, 0.3) is 0 Å². The minimum absolute atomic E-state index is 0.0120. The van der Waals surface area contributed by atoms with Gasteiger partial charge in [-0.25, -0.2) is 0 Å². The lowest BCUT2D eigenvalue weighted by Gasteiger charge is -2.37. The van der Waals surface area contributed by atoms with E-state index in [1.165, 1.54) is 18.2 Å². The van der Waals surface area contributed by atoms with E-state index >= 15 is 0 Å². The Bertz CT molecular complexity index is 614. The number of nitrogens with one attached hydrogen (secondary N) is 1. The molecule has 0 radical (unpaired) electrons. The predicted molar refractivity (Wildman–Crippen MR) is 78.2 cm³/mol. The third kappa shape index (κ3) is 3.82. The summed E-state index contributed by atoms with van der Waals surface area (Å²) in [5, 5.41) is 12.6. The van der Waals surface area contributed by atoms with Gasteiger partial charge < -0.3 is 11.1 Å². The molecule has 1 aliphatic rings. The Hall–Kier alpha value is -2.07. The monoisotopic (exact) mass is 325 g/mol. The molecule has 1 amide bonds. The molecule has 2 rings (SSSR count). The first-order valence-electron chi connectivity index (χ1n) is 7.38. The Kier molecular flexibility index (Phi) is 4.95. The highest BCUT2D eigenvalue weighted by atomic mass is 19.4. The normalized spacial score (nSPS) is 24.9. The topological polar surface area (TPSA) is 78.9 Å². The minimum Gasteiger partial charge on any atom is -0.369 e. The summed E-state index contributed by atoms with van der Waals surface area (Å²) in [4.78, 5) is 10.8. The highest BCUT2D eigenvalue weighted by Crippen LogP contribution is 2.44. The van der Waals surface area contributed by atoms with Crippen molar-refractivity contribution >= 4 is 5.91 Å². The lowest BCUT2D eigenvalue weighted by atomic mass is 9.68. The average molecular weight is 325 g/mol. The summed E-state index contributed by atoms with van der Waals surface area (Å²) in [7, 11) is 0. The lowest BCUT2D eigenvalue weighted by Crippen LogP contribution is -2.42. The van der Waals surface area contributed by atoms with Crippen LogP contribution in [0.3, 0.4) is 0 Å². The van der Waals surface area contributed by atoms with Crippen LogP contribution in [0.25, 0.3) is 0 Å². The number of benzene rings is 1. The molecule has 1 aromatic rings. The summed E-state index contributed by atoms with van der Waals surface area (Å²) in [6.07, 6.45) is -2.82. The SMILES string of the molecule is N#CC1(c2ccccc2C(F)(F)F)CCC(NCC(N)=O)CC1. The zero-order valence-electron chi connectivity index (χ0n) is 12.5. The van der Waals surface area contributed by atoms with Crippen molar-refractivity contribution in [3.8, 4) is 6.07 Å². The van der Waals surface area contributed by atoms with E-state index in [0.717, 1.165) is 6.07 Å². The van der Waals surface area contributed by atoms with Gasteiger partial charge in [0, 0.05) is 6.04 Å². The van der Waals surface area contributed by atoms with Crippen LogP contribution in [-0.4, -0.2) is 18.5 Å². The molecule has 0 unspecified atom stereocenters. The zero-order chi connectivity index (χ0) is 17.1. The Labute approximate surface area is 132 Å². The fourth-order valence-corrected chi connectivity index (χ4v) is 3.15. The van der Waals surface area contributed by atoms with Crippen molar-refractivity contribution in [2.75, 3.05) is 6.54 Å². The van der Waals surface area contributed by atoms with E-state index in [4.69, 9.17) is 5.73 Å². The number of hydrogen-bond acceptors (Lipinski definition) is 3. The second kappa shape index (κ2) is 6.59. The number of primary amides is 1. The Balaban J connectivity index is 2.22. The first-order valence-corrected chi connectivity index (χ1v) is 7.38. The predicted octanol–water partition coefficient (Wildman–Crippen LogP) is 2.48. The summed E-state index contributed by atoms with van der Waals surface area (Å²) in [6.45, 7) is 0.0311. The molecular weight excluding hydrogens is 307 g/mol. The molecule has 4 nitrogen and oxygen atoms in total. The van der Waals surface area contributed by atoms with Crippen molar-refractivity contribution < 1.29 is 18.0 Å². The minimum atomic E-state index is -4.48. The number of halogens is 3. The van der Waals surface area contributed by atoms with Crippen LogP contribution in [-0.2, 0) is 16.4 Å². The summed E-state index contributed by atoms with van der Waals surface area (Å²) in [5.41, 5.74) is 3.23. The quantitative estimate of drug-likeness (QED) is 0.892. The van der Waals surface area contributed by atoms with E-state index in [-0.39, 0.29) is 18.2 Å². The van der Waals surface area contributed by atoms with Crippen molar-refractivity contribution in [2.24, 2.45) is 5.73 Å². The van der Waals surface area contributed by atoms with Gasteiger partial charge in [0.05, 0.1) is 23.6 Å². The molecule has 7 heteroatoms. The molecule has 0 bridgehead atoms. The number of carbonyl (C=O) groups is 1. The van der Waals surface area contributed by atoms with Crippen molar-refractivity contribution in [3.05, 3.63) is 35.4 Å². The van der Waals surface area contributed by atoms with Crippen molar-refractivity contribution in [3.63, 3.8) is 0 Å². The molecule has 0 aliphatic heterocycles. The third-order valence-electron chi connectivity index (χ3n) is 4.37. The Morgan fingerprint density at radius 1 is 1.35 bits per heavy atom. The van der Waals surface area contributed by atoms with Gasteiger partial charge in [-0.05, 0) is 37.3 Å². The third-order valence-corrected chi connectivity index (χ3v) is 4.37. The van der Waals surface area contributed by atoms with Gasteiger partial charge in [-0.3, -0.25) is 4.79 Å². The van der Waals surface area contributed by atoms with Crippen LogP contribution in [0.5, 0.6) is 0 Å². The van der Waals surface area contributed by atoms with Crippen LogP contribution in [0.15, 0.2) is 24.3 Å². The first kappa shape index (κ1) is 17.3. The summed E-state index contributed by atoms with van der Waals surface area (Å²) < 4.78 is 39.7. The molecule has 1 fully saturated rings. The molecule has 0 saturated heterocycles. The van der Waals surface area contributed by atoms with Crippen molar-refractivity contribution in [1.82, 2.24) is 5.32 Å². The molecule has 1 saturated carbocycles. The van der Waals surface area contributed by atoms with Gasteiger partial charge in [0.2, 0.25) is 5.91 Å². The second-order valence-corrected chi connectivity index (χ2v) is 5.86. The van der Waals surface area contributed by atoms with Gasteiger partial charge >= 0.3 is 6.18 Å². The number of alkyl halides is 3. The largest absolute Gasteiger partial charge is 0.416 e. The van der Waals surface area contributed by atoms with Crippen molar-refractivity contribution in [1.29, 1.82) is 5.26 Å². The van der Waals surface area contributed by atoms with Gasteiger partial charge in [-0.15, -0.1) is 0 Å². The number of amides is 1. The number of nitriles is 1. The van der Waals surface area contributed by atoms with E-state index in [9.17, 15) is 23.2 Å². The van der Waals surface area contributed by atoms with Crippen LogP contribution >= 0.6 is 0 Å². The van der Waals surface area contributed by atoms with Crippen molar-refractivity contribution in [2.45, 2.75) is 43.3 Å². The average Bonchev–Trinajstić information content (AvgIpc) is 2.52. The maximum atomic E-state index is 13.2. The Morgan fingerprint density at radius 2 is 1.96 bits per heavy atom. The molecule has 1 aromatic carbocycles. The zero-order valence-corrected chi connectivity index (χ0v) is 12.5. The molecule has 0 aromatic heterocycles. The van der Waals surface area contributed by atoms with E-state index < -0.39 is 23.1 Å². The van der Waals surface area contributed by atoms with Gasteiger partial charge in [-0.2, -0.15) is 18.4 Å². The molecule has 0 spiro atoms. The van der Waals surface area contributed by atoms with Crippen LogP contribution in [0.4, 0.5) is 13.2 Å². The summed E-state index contributed by atoms with van der Waals surface area (Å²) in [5.74, 6) is -0.482. The van der Waals surface area contributed by atoms with E-state index in [1.54, 1.807) is 0 Å². The highest BCUT2D eigenvalue weighted by Gasteiger charge is 2.43. The standard InChI is InChI=1S/C16H18F3N3O/c17-16(18,19)13-4-2-1-3-12(13)15(10-20)7-5-11(6-8-15)22-9-14(21)23/h1-4,11,22H,5-9H2,(H2,21,23). The van der Waals surface area contributed by atoms with Crippen LogP contribution in [0.2, 0.25) is 0 Å². The molecule has 0 atom stereocenters. The number of nitrogens with two attached hydrogens (primary N) is 1. The van der Waals surface area contributed by atoms with Crippen LogP contribution in [0, 0.1) is 11.3 Å². The fraction of sp³-hybridized carbons (Fsp3) is 0.500. The van der Waals surface area contributed by atoms with Crippen LogP contribution < -0.4 is 11.1 Å². The van der Waals surface area contributed by atoms with E-state index in [1.807, 2.05) is 0 Å². The van der Waals surface area contributed by atoms with Gasteiger partial charge in [0.15, 0.2) is 0 Å². The van der Waals surface area contributed by atoms with Gasteiger partial charge in [-0.1, -0.05) is 18.2 Å². The number of rotatable bonds is 4. The van der Waals surface area contributed by atoms with E-state index in [0.29, 0.717) is 25.7 Å². The number of hydrogen-bond donors (Lipinski definition) is 2. The smallest absolute Gasteiger partial charge is 0.369 e. The first-order chi connectivity index (χ1) is 10.8. The summed E-state index contributed by atoms with van der Waals surface area (Å²) in [6, 6.07) is 7.37. The fourth-order valence-electron chi connectivity index (χ4n) is 3.15. The number of carbonyl (C=O) groups excluding carboxylic acids is 1. The maximum absolute atomic E-state index is 13.2. The molecule has 124 valence electrons. The van der Waals surface area contributed by atoms with E-state index in [2.05, 4.69) is 11.4 Å². The van der Waals surface area contributed by atoms with Crippen LogP contribution in [0.1, 0.15) is 36.8 Å². The molecule has 1 aliphatic carbocycles. The molecular formula is C16H18F3N3O.